The first-order valence-electron chi connectivity index (χ1n) is 5.85. The van der Waals surface area contributed by atoms with Crippen LogP contribution in [0.2, 0.25) is 0 Å². The molecule has 0 aromatic rings. The van der Waals surface area contributed by atoms with E-state index in [1.807, 2.05) is 20.8 Å². The molecule has 0 aliphatic heterocycles. The number of amides is 1. The van der Waals surface area contributed by atoms with Crippen LogP contribution in [-0.2, 0) is 14.3 Å². The maximum atomic E-state index is 11.9. The van der Waals surface area contributed by atoms with Crippen LogP contribution in [-0.4, -0.2) is 35.7 Å². The van der Waals surface area contributed by atoms with Gasteiger partial charge in [-0.05, 0) is 25.7 Å². The van der Waals surface area contributed by atoms with Crippen LogP contribution in [0.15, 0.2) is 0 Å². The van der Waals surface area contributed by atoms with Crippen molar-refractivity contribution >= 4 is 11.9 Å². The molecule has 2 atom stereocenters. The van der Waals surface area contributed by atoms with Crippen LogP contribution >= 0.6 is 0 Å². The van der Waals surface area contributed by atoms with Crippen molar-refractivity contribution in [3.63, 3.8) is 0 Å². The van der Waals surface area contributed by atoms with Gasteiger partial charge in [0.05, 0.1) is 0 Å². The van der Waals surface area contributed by atoms with Gasteiger partial charge in [-0.25, -0.2) is 4.79 Å². The van der Waals surface area contributed by atoms with Crippen molar-refractivity contribution in [2.45, 2.75) is 52.2 Å². The molecule has 2 N–H and O–H groups in total. The fraction of sp³-hybridized carbons (Fsp3) is 0.833. The number of nitrogens with one attached hydrogen (secondary N) is 1. The smallest absolute Gasteiger partial charge is 0.326 e. The average molecular weight is 245 g/mol. The van der Waals surface area contributed by atoms with Crippen molar-refractivity contribution in [3.8, 4) is 0 Å². The minimum atomic E-state index is -1.01. The van der Waals surface area contributed by atoms with E-state index >= 15 is 0 Å². The van der Waals surface area contributed by atoms with Gasteiger partial charge in [0, 0.05) is 7.11 Å². The highest BCUT2D eigenvalue weighted by Crippen LogP contribution is 2.15. The molecule has 1 amide bonds. The first kappa shape index (κ1) is 15.9. The molecule has 0 radical (unpaired) electrons. The van der Waals surface area contributed by atoms with Gasteiger partial charge in [0.2, 0.25) is 0 Å². The molecule has 0 bridgehead atoms. The molecule has 0 fully saturated rings. The van der Waals surface area contributed by atoms with Crippen LogP contribution in [0.1, 0.15) is 40.5 Å². The molecule has 0 aliphatic rings. The Morgan fingerprint density at radius 3 is 2.24 bits per heavy atom. The summed E-state index contributed by atoms with van der Waals surface area (Å²) in [4.78, 5) is 22.9. The summed E-state index contributed by atoms with van der Waals surface area (Å²) in [7, 11) is 1.45. The monoisotopic (exact) mass is 245 g/mol. The third kappa shape index (κ3) is 4.73. The quantitative estimate of drug-likeness (QED) is 0.711. The van der Waals surface area contributed by atoms with Crippen molar-refractivity contribution in [2.24, 2.45) is 5.92 Å². The highest BCUT2D eigenvalue weighted by atomic mass is 16.5. The molecule has 0 saturated heterocycles. The average Bonchev–Trinajstić information content (AvgIpc) is 2.26. The lowest BCUT2D eigenvalue weighted by Crippen LogP contribution is -2.51. The molecule has 0 aliphatic carbocycles. The van der Waals surface area contributed by atoms with Crippen molar-refractivity contribution in [1.29, 1.82) is 0 Å². The number of ether oxygens (including phenoxy) is 1. The number of carboxylic acids is 1. The number of hydrogen-bond donors (Lipinski definition) is 2. The number of aliphatic carboxylic acids is 1. The second-order valence-corrected chi connectivity index (χ2v) is 4.78. The molecule has 0 aromatic heterocycles. The minimum absolute atomic E-state index is 0.201. The number of hydrogen-bond acceptors (Lipinski definition) is 3. The largest absolute Gasteiger partial charge is 0.480 e. The summed E-state index contributed by atoms with van der Waals surface area (Å²) in [6, 6.07) is -0.858. The Bertz CT molecular complexity index is 272. The Morgan fingerprint density at radius 1 is 1.41 bits per heavy atom. The lowest BCUT2D eigenvalue weighted by atomic mass is 9.99. The van der Waals surface area contributed by atoms with Crippen LogP contribution in [0.5, 0.6) is 0 Å². The number of carbonyl (C=O) groups excluding carboxylic acids is 1. The summed E-state index contributed by atoms with van der Waals surface area (Å²) >= 11 is 0. The van der Waals surface area contributed by atoms with Crippen molar-refractivity contribution in [1.82, 2.24) is 5.32 Å². The summed E-state index contributed by atoms with van der Waals surface area (Å²) in [5, 5.41) is 11.6. The van der Waals surface area contributed by atoms with Gasteiger partial charge in [-0.1, -0.05) is 20.8 Å². The van der Waals surface area contributed by atoms with Gasteiger partial charge >= 0.3 is 5.97 Å². The molecular weight excluding hydrogens is 222 g/mol. The molecule has 100 valence electrons. The van der Waals surface area contributed by atoms with Gasteiger partial charge in [0.1, 0.15) is 11.6 Å². The van der Waals surface area contributed by atoms with Crippen LogP contribution in [0.4, 0.5) is 0 Å². The van der Waals surface area contributed by atoms with Gasteiger partial charge in [-0.3, -0.25) is 4.79 Å². The molecular formula is C12H23NO4. The van der Waals surface area contributed by atoms with E-state index in [0.717, 1.165) is 0 Å². The molecule has 5 nitrogen and oxygen atoms in total. The van der Waals surface area contributed by atoms with E-state index < -0.39 is 17.6 Å². The molecule has 1 unspecified atom stereocenters. The summed E-state index contributed by atoms with van der Waals surface area (Å²) in [5.41, 5.74) is -0.968. The summed E-state index contributed by atoms with van der Waals surface area (Å²) in [5.74, 6) is -1.19. The standard InChI is InChI=1S/C12H23NO4/c1-6-12(4,17-5)11(16)13-9(10(14)15)7-8(2)3/h8-9H,6-7H2,1-5H3,(H,13,16)(H,14,15)/t9-,12?/m1/s1. The lowest BCUT2D eigenvalue weighted by Gasteiger charge is -2.27. The van der Waals surface area contributed by atoms with E-state index in [0.29, 0.717) is 12.8 Å². The molecule has 0 spiro atoms. The van der Waals surface area contributed by atoms with Gasteiger partial charge in [-0.15, -0.1) is 0 Å². The summed E-state index contributed by atoms with van der Waals surface area (Å²) < 4.78 is 5.13. The fourth-order valence-corrected chi connectivity index (χ4v) is 1.40. The van der Waals surface area contributed by atoms with E-state index in [1.165, 1.54) is 7.11 Å². The predicted octanol–water partition coefficient (Wildman–Crippen LogP) is 1.42. The molecule has 5 heteroatoms. The van der Waals surface area contributed by atoms with Crippen molar-refractivity contribution in [2.75, 3.05) is 7.11 Å². The third-order valence-corrected chi connectivity index (χ3v) is 2.92. The SMILES string of the molecule is CCC(C)(OC)C(=O)N[C@H](CC(C)C)C(=O)O. The van der Waals surface area contributed by atoms with Crippen LogP contribution in [0.3, 0.4) is 0 Å². The van der Waals surface area contributed by atoms with Crippen molar-refractivity contribution < 1.29 is 19.4 Å². The Hall–Kier alpha value is -1.10. The third-order valence-electron chi connectivity index (χ3n) is 2.92. The number of carboxylic acid groups (broad SMARTS) is 1. The van der Waals surface area contributed by atoms with Gasteiger partial charge in [0.25, 0.3) is 5.91 Å². The summed E-state index contributed by atoms with van der Waals surface area (Å²) in [6.45, 7) is 7.30. The molecule has 17 heavy (non-hydrogen) atoms. The number of rotatable bonds is 7. The molecule has 0 rings (SSSR count). The topological polar surface area (TPSA) is 75.6 Å². The van der Waals surface area contributed by atoms with Gasteiger partial charge in [-0.2, -0.15) is 0 Å². The van der Waals surface area contributed by atoms with E-state index in [2.05, 4.69) is 5.32 Å². The van der Waals surface area contributed by atoms with E-state index in [-0.39, 0.29) is 11.8 Å². The maximum Gasteiger partial charge on any atom is 0.326 e. The Labute approximate surface area is 103 Å². The van der Waals surface area contributed by atoms with E-state index in [9.17, 15) is 9.59 Å². The van der Waals surface area contributed by atoms with Gasteiger partial charge < -0.3 is 15.2 Å². The fourth-order valence-electron chi connectivity index (χ4n) is 1.40. The maximum absolute atomic E-state index is 11.9. The minimum Gasteiger partial charge on any atom is -0.480 e. The number of methoxy groups -OCH3 is 1. The Morgan fingerprint density at radius 2 is 1.94 bits per heavy atom. The predicted molar refractivity (Wildman–Crippen MR) is 64.7 cm³/mol. The van der Waals surface area contributed by atoms with Crippen molar-refractivity contribution in [3.05, 3.63) is 0 Å². The van der Waals surface area contributed by atoms with Crippen LogP contribution < -0.4 is 5.32 Å². The zero-order valence-electron chi connectivity index (χ0n) is 11.2. The molecule has 0 saturated carbocycles. The second-order valence-electron chi connectivity index (χ2n) is 4.78. The van der Waals surface area contributed by atoms with E-state index in [1.54, 1.807) is 6.92 Å². The molecule has 0 aromatic carbocycles. The highest BCUT2D eigenvalue weighted by molar-refractivity contribution is 5.88. The first-order chi connectivity index (χ1) is 7.76. The van der Waals surface area contributed by atoms with Crippen LogP contribution in [0, 0.1) is 5.92 Å². The summed E-state index contributed by atoms with van der Waals surface area (Å²) in [6.07, 6.45) is 0.897. The number of carbonyl (C=O) groups is 2. The first-order valence-corrected chi connectivity index (χ1v) is 5.85. The normalized spacial score (nSPS) is 16.4. The van der Waals surface area contributed by atoms with E-state index in [4.69, 9.17) is 9.84 Å². The Kier molecular flexibility index (Phi) is 6.16. The van der Waals surface area contributed by atoms with Gasteiger partial charge in [0.15, 0.2) is 0 Å². The highest BCUT2D eigenvalue weighted by Gasteiger charge is 2.34. The Balaban J connectivity index is 4.66. The lowest BCUT2D eigenvalue weighted by molar-refractivity contribution is -0.149. The zero-order chi connectivity index (χ0) is 13.6. The zero-order valence-corrected chi connectivity index (χ0v) is 11.2. The second kappa shape index (κ2) is 6.59. The van der Waals surface area contributed by atoms with Crippen LogP contribution in [0.25, 0.3) is 0 Å². The molecule has 0 heterocycles.